The summed E-state index contributed by atoms with van der Waals surface area (Å²) < 4.78 is 20.0. The van der Waals surface area contributed by atoms with Crippen LogP contribution in [0.1, 0.15) is 46.0 Å². The third-order valence-electron chi connectivity index (χ3n) is 4.49. The Morgan fingerprint density at radius 3 is 2.53 bits per heavy atom. The van der Waals surface area contributed by atoms with Crippen molar-refractivity contribution in [2.45, 2.75) is 40.8 Å². The third kappa shape index (κ3) is 5.89. The Balaban J connectivity index is 1.69. The van der Waals surface area contributed by atoms with E-state index in [1.807, 2.05) is 45.2 Å². The molecule has 0 saturated heterocycles. The quantitative estimate of drug-likeness (QED) is 0.459. The standard InChI is InChI=1S/C24H27FN2O2S/c1-16(2)12-27(24(28)21-7-5-6-8-22(21)25)13-19-15-30-23(26-19)14-29-20-10-17(3)9-18(4)11-20/h5-11,15-16H,12-14H2,1-4H3. The minimum Gasteiger partial charge on any atom is -0.486 e. The molecule has 0 spiro atoms. The first-order valence-corrected chi connectivity index (χ1v) is 10.9. The number of thiazole rings is 1. The summed E-state index contributed by atoms with van der Waals surface area (Å²) >= 11 is 1.50. The number of carbonyl (C=O) groups is 1. The van der Waals surface area contributed by atoms with E-state index in [9.17, 15) is 9.18 Å². The van der Waals surface area contributed by atoms with Gasteiger partial charge in [-0.1, -0.05) is 32.0 Å². The normalized spacial score (nSPS) is 11.0. The Morgan fingerprint density at radius 1 is 1.17 bits per heavy atom. The molecule has 4 nitrogen and oxygen atoms in total. The van der Waals surface area contributed by atoms with Crippen LogP contribution in [0.25, 0.3) is 0 Å². The van der Waals surface area contributed by atoms with Crippen LogP contribution in [-0.2, 0) is 13.2 Å². The fourth-order valence-corrected chi connectivity index (χ4v) is 4.01. The SMILES string of the molecule is Cc1cc(C)cc(OCc2nc(CN(CC(C)C)C(=O)c3ccccc3F)cs2)c1. The maximum Gasteiger partial charge on any atom is 0.257 e. The van der Waals surface area contributed by atoms with Gasteiger partial charge in [0.25, 0.3) is 5.91 Å². The van der Waals surface area contributed by atoms with Crippen LogP contribution in [0, 0.1) is 25.6 Å². The summed E-state index contributed by atoms with van der Waals surface area (Å²) in [5.41, 5.74) is 3.18. The van der Waals surface area contributed by atoms with Gasteiger partial charge in [0.05, 0.1) is 17.8 Å². The lowest BCUT2D eigenvalue weighted by atomic mass is 10.1. The van der Waals surface area contributed by atoms with Gasteiger partial charge in [-0.25, -0.2) is 9.37 Å². The number of benzene rings is 2. The van der Waals surface area contributed by atoms with Gasteiger partial charge in [0, 0.05) is 11.9 Å². The van der Waals surface area contributed by atoms with E-state index < -0.39 is 5.82 Å². The first-order chi connectivity index (χ1) is 14.3. The van der Waals surface area contributed by atoms with Crippen LogP contribution in [0.4, 0.5) is 4.39 Å². The summed E-state index contributed by atoms with van der Waals surface area (Å²) in [7, 11) is 0. The molecule has 0 atom stereocenters. The molecule has 1 aromatic heterocycles. The molecule has 3 rings (SSSR count). The van der Waals surface area contributed by atoms with Crippen molar-refractivity contribution >= 4 is 17.2 Å². The van der Waals surface area contributed by atoms with Crippen LogP contribution in [-0.4, -0.2) is 22.3 Å². The highest BCUT2D eigenvalue weighted by Gasteiger charge is 2.21. The summed E-state index contributed by atoms with van der Waals surface area (Å²) in [4.78, 5) is 19.2. The van der Waals surface area contributed by atoms with Crippen LogP contribution in [0.3, 0.4) is 0 Å². The second kappa shape index (κ2) is 9.85. The molecular weight excluding hydrogens is 399 g/mol. The van der Waals surface area contributed by atoms with Crippen molar-refractivity contribution in [2.75, 3.05) is 6.54 Å². The molecule has 0 saturated carbocycles. The molecular formula is C24H27FN2O2S. The van der Waals surface area contributed by atoms with E-state index in [-0.39, 0.29) is 17.4 Å². The highest BCUT2D eigenvalue weighted by Crippen LogP contribution is 2.20. The van der Waals surface area contributed by atoms with Gasteiger partial charge >= 0.3 is 0 Å². The summed E-state index contributed by atoms with van der Waals surface area (Å²) in [6.07, 6.45) is 0. The highest BCUT2D eigenvalue weighted by molar-refractivity contribution is 7.09. The van der Waals surface area contributed by atoms with Crippen LogP contribution in [0.2, 0.25) is 0 Å². The fourth-order valence-electron chi connectivity index (χ4n) is 3.31. The smallest absolute Gasteiger partial charge is 0.257 e. The molecule has 0 N–H and O–H groups in total. The molecule has 2 aromatic carbocycles. The van der Waals surface area contributed by atoms with Gasteiger partial charge in [-0.15, -0.1) is 11.3 Å². The maximum atomic E-state index is 14.1. The molecule has 1 heterocycles. The molecule has 0 radical (unpaired) electrons. The Morgan fingerprint density at radius 2 is 1.87 bits per heavy atom. The second-order valence-electron chi connectivity index (χ2n) is 7.90. The number of carbonyl (C=O) groups excluding carboxylic acids is 1. The molecule has 158 valence electrons. The Bertz CT molecular complexity index is 996. The molecule has 0 aliphatic rings. The van der Waals surface area contributed by atoms with E-state index in [1.165, 1.54) is 23.5 Å². The van der Waals surface area contributed by atoms with E-state index in [0.29, 0.717) is 19.7 Å². The summed E-state index contributed by atoms with van der Waals surface area (Å²) in [5, 5.41) is 2.77. The number of halogens is 1. The topological polar surface area (TPSA) is 42.4 Å². The summed E-state index contributed by atoms with van der Waals surface area (Å²) in [6, 6.07) is 12.2. The number of ether oxygens (including phenoxy) is 1. The Labute approximate surface area is 181 Å². The molecule has 0 unspecified atom stereocenters. The lowest BCUT2D eigenvalue weighted by molar-refractivity contribution is 0.0716. The Kier molecular flexibility index (Phi) is 7.21. The Hall–Kier alpha value is -2.73. The van der Waals surface area contributed by atoms with Crippen molar-refractivity contribution in [1.29, 1.82) is 0 Å². The summed E-state index contributed by atoms with van der Waals surface area (Å²) in [5.74, 6) is 0.257. The van der Waals surface area contributed by atoms with E-state index in [1.54, 1.807) is 17.0 Å². The lowest BCUT2D eigenvalue weighted by Gasteiger charge is -2.24. The van der Waals surface area contributed by atoms with Crippen LogP contribution in [0.5, 0.6) is 5.75 Å². The first kappa shape index (κ1) is 22.0. The second-order valence-corrected chi connectivity index (χ2v) is 8.85. The minimum absolute atomic E-state index is 0.0896. The zero-order chi connectivity index (χ0) is 21.7. The minimum atomic E-state index is -0.503. The van der Waals surface area contributed by atoms with Gasteiger partial charge in [-0.3, -0.25) is 4.79 Å². The molecule has 3 aromatic rings. The van der Waals surface area contributed by atoms with Gasteiger partial charge in [0.1, 0.15) is 23.2 Å². The average molecular weight is 427 g/mol. The monoisotopic (exact) mass is 426 g/mol. The average Bonchev–Trinajstić information content (AvgIpc) is 3.12. The van der Waals surface area contributed by atoms with Crippen LogP contribution >= 0.6 is 11.3 Å². The van der Waals surface area contributed by atoms with E-state index in [2.05, 4.69) is 11.1 Å². The van der Waals surface area contributed by atoms with Crippen molar-refractivity contribution in [1.82, 2.24) is 9.88 Å². The first-order valence-electron chi connectivity index (χ1n) is 10.00. The number of hydrogen-bond acceptors (Lipinski definition) is 4. The van der Waals surface area contributed by atoms with Gasteiger partial charge < -0.3 is 9.64 Å². The van der Waals surface area contributed by atoms with Crippen molar-refractivity contribution in [2.24, 2.45) is 5.92 Å². The highest BCUT2D eigenvalue weighted by atomic mass is 32.1. The van der Waals surface area contributed by atoms with E-state index >= 15 is 0 Å². The molecule has 0 bridgehead atoms. The number of rotatable bonds is 8. The van der Waals surface area contributed by atoms with Gasteiger partial charge in [0.15, 0.2) is 0 Å². The fraction of sp³-hybridized carbons (Fsp3) is 0.333. The zero-order valence-corrected chi connectivity index (χ0v) is 18.6. The lowest BCUT2D eigenvalue weighted by Crippen LogP contribution is -2.34. The number of aromatic nitrogens is 1. The molecule has 0 fully saturated rings. The predicted octanol–water partition coefficient (Wildman–Crippen LogP) is 5.78. The van der Waals surface area contributed by atoms with Crippen LogP contribution < -0.4 is 4.74 Å². The van der Waals surface area contributed by atoms with E-state index in [0.717, 1.165) is 27.6 Å². The van der Waals surface area contributed by atoms with Gasteiger partial charge in [0.2, 0.25) is 0 Å². The molecule has 0 aliphatic heterocycles. The van der Waals surface area contributed by atoms with Gasteiger partial charge in [-0.2, -0.15) is 0 Å². The van der Waals surface area contributed by atoms with Crippen molar-refractivity contribution in [3.63, 3.8) is 0 Å². The van der Waals surface area contributed by atoms with Crippen molar-refractivity contribution < 1.29 is 13.9 Å². The van der Waals surface area contributed by atoms with Gasteiger partial charge in [-0.05, 0) is 55.2 Å². The number of amides is 1. The third-order valence-corrected chi connectivity index (χ3v) is 5.36. The van der Waals surface area contributed by atoms with Crippen molar-refractivity contribution in [3.05, 3.63) is 81.1 Å². The zero-order valence-electron chi connectivity index (χ0n) is 17.8. The van der Waals surface area contributed by atoms with E-state index in [4.69, 9.17) is 4.74 Å². The molecule has 0 aliphatic carbocycles. The maximum absolute atomic E-state index is 14.1. The number of hydrogen-bond donors (Lipinski definition) is 0. The molecule has 6 heteroatoms. The summed E-state index contributed by atoms with van der Waals surface area (Å²) in [6.45, 7) is 9.38. The largest absolute Gasteiger partial charge is 0.486 e. The molecule has 1 amide bonds. The molecule has 30 heavy (non-hydrogen) atoms. The van der Waals surface area contributed by atoms with Crippen molar-refractivity contribution in [3.8, 4) is 5.75 Å². The predicted molar refractivity (Wildman–Crippen MR) is 118 cm³/mol. The number of aryl methyl sites for hydroxylation is 2. The van der Waals surface area contributed by atoms with Crippen LogP contribution in [0.15, 0.2) is 47.8 Å². The number of nitrogens with zero attached hydrogens (tertiary/aromatic N) is 2.